The van der Waals surface area contributed by atoms with E-state index in [4.69, 9.17) is 9.47 Å². The highest BCUT2D eigenvalue weighted by Gasteiger charge is 2.20. The lowest BCUT2D eigenvalue weighted by Gasteiger charge is -2.34. The van der Waals surface area contributed by atoms with Gasteiger partial charge in [-0.2, -0.15) is 0 Å². The van der Waals surface area contributed by atoms with Gasteiger partial charge in [0.1, 0.15) is 11.5 Å². The molecule has 4 rings (SSSR count). The molecular formula is C25H29N3O3. The van der Waals surface area contributed by atoms with Gasteiger partial charge in [-0.3, -0.25) is 14.6 Å². The first kappa shape index (κ1) is 21.2. The first-order chi connectivity index (χ1) is 15.2. The second-order valence-corrected chi connectivity index (χ2v) is 7.80. The van der Waals surface area contributed by atoms with E-state index in [1.807, 2.05) is 6.07 Å². The van der Waals surface area contributed by atoms with Gasteiger partial charge >= 0.3 is 0 Å². The number of ether oxygens (including phenoxy) is 2. The van der Waals surface area contributed by atoms with Gasteiger partial charge in [-0.05, 0) is 28.5 Å². The Kier molecular flexibility index (Phi) is 6.70. The van der Waals surface area contributed by atoms with Gasteiger partial charge < -0.3 is 14.8 Å². The number of amides is 1. The normalized spacial score (nSPS) is 15.0. The number of anilines is 1. The third-order valence-electron chi connectivity index (χ3n) is 5.79. The molecular weight excluding hydrogens is 390 g/mol. The molecule has 3 aromatic carbocycles. The zero-order chi connectivity index (χ0) is 21.6. The van der Waals surface area contributed by atoms with Gasteiger partial charge in [-0.25, -0.2) is 0 Å². The van der Waals surface area contributed by atoms with Crippen LogP contribution in [0.1, 0.15) is 5.56 Å². The Morgan fingerprint density at radius 2 is 1.65 bits per heavy atom. The van der Waals surface area contributed by atoms with E-state index < -0.39 is 0 Å². The van der Waals surface area contributed by atoms with E-state index in [0.717, 1.165) is 32.7 Å². The van der Waals surface area contributed by atoms with E-state index in [-0.39, 0.29) is 5.91 Å². The van der Waals surface area contributed by atoms with Crippen molar-refractivity contribution < 1.29 is 14.3 Å². The predicted octanol–water partition coefficient (Wildman–Crippen LogP) is 3.61. The van der Waals surface area contributed by atoms with Crippen molar-refractivity contribution in [1.29, 1.82) is 0 Å². The van der Waals surface area contributed by atoms with Crippen LogP contribution in [0.3, 0.4) is 0 Å². The van der Waals surface area contributed by atoms with Gasteiger partial charge in [-0.15, -0.1) is 0 Å². The molecule has 1 saturated heterocycles. The second-order valence-electron chi connectivity index (χ2n) is 7.80. The number of carbonyl (C=O) groups excluding carboxylic acids is 1. The van der Waals surface area contributed by atoms with Crippen LogP contribution in [0.4, 0.5) is 5.69 Å². The Bertz CT molecular complexity index is 1040. The third kappa shape index (κ3) is 5.16. The van der Waals surface area contributed by atoms with Crippen LogP contribution in [0.25, 0.3) is 10.8 Å². The highest BCUT2D eigenvalue weighted by atomic mass is 16.5. The Morgan fingerprint density at radius 1 is 0.903 bits per heavy atom. The molecule has 0 saturated carbocycles. The lowest BCUT2D eigenvalue weighted by atomic mass is 10.0. The minimum absolute atomic E-state index is 0.0361. The Labute approximate surface area is 183 Å². The van der Waals surface area contributed by atoms with E-state index in [2.05, 4.69) is 57.6 Å². The first-order valence-corrected chi connectivity index (χ1v) is 10.6. The fraction of sp³-hybridized carbons (Fsp3) is 0.320. The Balaban J connectivity index is 1.30. The standard InChI is InChI=1S/C25H29N3O3/c1-30-21-10-11-23(24(16-21)31-2)26-25(29)18-28-14-12-27(13-15-28)17-20-8-5-7-19-6-3-4-9-22(19)20/h3-11,16H,12-15,17-18H2,1-2H3,(H,26,29). The van der Waals surface area contributed by atoms with E-state index in [0.29, 0.717) is 23.7 Å². The number of piperazine rings is 1. The summed E-state index contributed by atoms with van der Waals surface area (Å²) >= 11 is 0. The highest BCUT2D eigenvalue weighted by Crippen LogP contribution is 2.29. The van der Waals surface area contributed by atoms with Gasteiger partial charge in [0.25, 0.3) is 0 Å². The fourth-order valence-electron chi connectivity index (χ4n) is 4.07. The van der Waals surface area contributed by atoms with Crippen molar-refractivity contribution in [2.75, 3.05) is 52.3 Å². The second kappa shape index (κ2) is 9.81. The molecule has 0 atom stereocenters. The van der Waals surface area contributed by atoms with Crippen LogP contribution in [-0.2, 0) is 11.3 Å². The van der Waals surface area contributed by atoms with Crippen molar-refractivity contribution in [2.45, 2.75) is 6.54 Å². The number of rotatable bonds is 7. The molecule has 0 aromatic heterocycles. The fourth-order valence-corrected chi connectivity index (χ4v) is 4.07. The number of hydrogen-bond acceptors (Lipinski definition) is 5. The summed E-state index contributed by atoms with van der Waals surface area (Å²) in [5.41, 5.74) is 2.01. The molecule has 1 fully saturated rings. The van der Waals surface area contributed by atoms with Gasteiger partial charge in [-0.1, -0.05) is 42.5 Å². The molecule has 31 heavy (non-hydrogen) atoms. The minimum atomic E-state index is -0.0361. The maximum absolute atomic E-state index is 12.6. The van der Waals surface area contributed by atoms with Crippen molar-refractivity contribution >= 4 is 22.4 Å². The van der Waals surface area contributed by atoms with Crippen molar-refractivity contribution in [3.63, 3.8) is 0 Å². The SMILES string of the molecule is COc1ccc(NC(=O)CN2CCN(Cc3cccc4ccccc34)CC2)c(OC)c1. The smallest absolute Gasteiger partial charge is 0.238 e. The number of carbonyl (C=O) groups is 1. The molecule has 1 N–H and O–H groups in total. The molecule has 6 heteroatoms. The van der Waals surface area contributed by atoms with Gasteiger partial charge in [0, 0.05) is 38.8 Å². The van der Waals surface area contributed by atoms with E-state index >= 15 is 0 Å². The maximum Gasteiger partial charge on any atom is 0.238 e. The van der Waals surface area contributed by atoms with Crippen LogP contribution in [0.15, 0.2) is 60.7 Å². The summed E-state index contributed by atoms with van der Waals surface area (Å²) in [5.74, 6) is 1.25. The van der Waals surface area contributed by atoms with E-state index in [9.17, 15) is 4.79 Å². The minimum Gasteiger partial charge on any atom is -0.497 e. The monoisotopic (exact) mass is 419 g/mol. The maximum atomic E-state index is 12.6. The lowest BCUT2D eigenvalue weighted by molar-refractivity contribution is -0.117. The molecule has 6 nitrogen and oxygen atoms in total. The average molecular weight is 420 g/mol. The molecule has 1 amide bonds. The third-order valence-corrected chi connectivity index (χ3v) is 5.79. The molecule has 1 aliphatic heterocycles. The average Bonchev–Trinajstić information content (AvgIpc) is 2.81. The summed E-state index contributed by atoms with van der Waals surface area (Å²) in [6, 6.07) is 20.4. The van der Waals surface area contributed by atoms with Gasteiger partial charge in [0.15, 0.2) is 0 Å². The Hall–Kier alpha value is -3.09. The van der Waals surface area contributed by atoms with Crippen molar-refractivity contribution in [3.8, 4) is 11.5 Å². The number of benzene rings is 3. The van der Waals surface area contributed by atoms with E-state index in [1.54, 1.807) is 26.4 Å². The zero-order valence-electron chi connectivity index (χ0n) is 18.1. The molecule has 0 bridgehead atoms. The van der Waals surface area contributed by atoms with Crippen molar-refractivity contribution in [2.24, 2.45) is 0 Å². The number of fused-ring (bicyclic) bond motifs is 1. The van der Waals surface area contributed by atoms with Crippen LogP contribution in [0.5, 0.6) is 11.5 Å². The van der Waals surface area contributed by atoms with Crippen molar-refractivity contribution in [3.05, 3.63) is 66.2 Å². The number of hydrogen-bond donors (Lipinski definition) is 1. The molecule has 0 radical (unpaired) electrons. The van der Waals surface area contributed by atoms with Gasteiger partial charge in [0.05, 0.1) is 26.5 Å². The summed E-state index contributed by atoms with van der Waals surface area (Å²) in [6.07, 6.45) is 0. The molecule has 1 heterocycles. The molecule has 3 aromatic rings. The molecule has 0 unspecified atom stereocenters. The van der Waals surface area contributed by atoms with Crippen LogP contribution in [0.2, 0.25) is 0 Å². The zero-order valence-corrected chi connectivity index (χ0v) is 18.1. The van der Waals surface area contributed by atoms with Crippen LogP contribution in [0, 0.1) is 0 Å². The summed E-state index contributed by atoms with van der Waals surface area (Å²) in [4.78, 5) is 17.2. The van der Waals surface area contributed by atoms with E-state index in [1.165, 1.54) is 16.3 Å². The van der Waals surface area contributed by atoms with Crippen LogP contribution >= 0.6 is 0 Å². The molecule has 162 valence electrons. The summed E-state index contributed by atoms with van der Waals surface area (Å²) in [6.45, 7) is 4.95. The van der Waals surface area contributed by atoms with Gasteiger partial charge in [0.2, 0.25) is 5.91 Å². The summed E-state index contributed by atoms with van der Waals surface area (Å²) in [7, 11) is 3.19. The Morgan fingerprint density at radius 3 is 2.42 bits per heavy atom. The first-order valence-electron chi connectivity index (χ1n) is 10.6. The quantitative estimate of drug-likeness (QED) is 0.634. The molecule has 1 aliphatic rings. The topological polar surface area (TPSA) is 54.0 Å². The molecule has 0 aliphatic carbocycles. The number of nitrogens with zero attached hydrogens (tertiary/aromatic N) is 2. The van der Waals surface area contributed by atoms with Crippen LogP contribution < -0.4 is 14.8 Å². The summed E-state index contributed by atoms with van der Waals surface area (Å²) in [5, 5.41) is 5.56. The summed E-state index contributed by atoms with van der Waals surface area (Å²) < 4.78 is 10.6. The number of methoxy groups -OCH3 is 2. The largest absolute Gasteiger partial charge is 0.497 e. The van der Waals surface area contributed by atoms with Crippen LogP contribution in [-0.4, -0.2) is 62.7 Å². The molecule has 0 spiro atoms. The van der Waals surface area contributed by atoms with Crippen molar-refractivity contribution in [1.82, 2.24) is 9.80 Å². The lowest BCUT2D eigenvalue weighted by Crippen LogP contribution is -2.48. The highest BCUT2D eigenvalue weighted by molar-refractivity contribution is 5.93. The number of nitrogens with one attached hydrogen (secondary N) is 1. The predicted molar refractivity (Wildman–Crippen MR) is 124 cm³/mol.